The van der Waals surface area contributed by atoms with Crippen LogP contribution in [0.1, 0.15) is 55.0 Å². The van der Waals surface area contributed by atoms with E-state index in [1.54, 1.807) is 0 Å². The first-order chi connectivity index (χ1) is 12.1. The Kier molecular flexibility index (Phi) is 7.40. The molecule has 0 saturated heterocycles. The molecule has 25 heavy (non-hydrogen) atoms. The minimum Gasteiger partial charge on any atom is -0.256 e. The molecule has 2 rings (SSSR count). The average molecular weight is 332 g/mol. The number of aromatic nitrogens is 1. The number of hydrogen-bond donors (Lipinski definition) is 0. The average Bonchev–Trinajstić information content (AvgIpc) is 2.64. The van der Waals surface area contributed by atoms with Gasteiger partial charge in [-0.15, -0.1) is 0 Å². The molecule has 0 aliphatic rings. The van der Waals surface area contributed by atoms with E-state index >= 15 is 0 Å². The van der Waals surface area contributed by atoms with Crippen LogP contribution >= 0.6 is 0 Å². The Bertz CT molecular complexity index is 718. The Hall–Kier alpha value is -2.41. The highest BCUT2D eigenvalue weighted by Gasteiger charge is 2.02. The standard InChI is InChI=1S/C24H29N/c1-5-7-8-9-10-21-12-14-23(15-13-21)22(6-2)17-20(4)24-16-11-19(3)18-25-24/h6,11-18H,2,4-5,7-10H2,1,3H3/b22-17+. The molecular weight excluding hydrogens is 302 g/mol. The van der Waals surface area contributed by atoms with Crippen LogP contribution in [0.2, 0.25) is 0 Å². The summed E-state index contributed by atoms with van der Waals surface area (Å²) < 4.78 is 0. The molecule has 0 radical (unpaired) electrons. The van der Waals surface area contributed by atoms with Crippen molar-refractivity contribution < 1.29 is 0 Å². The van der Waals surface area contributed by atoms with E-state index in [1.165, 1.54) is 36.8 Å². The summed E-state index contributed by atoms with van der Waals surface area (Å²) in [7, 11) is 0. The minimum atomic E-state index is 0.900. The molecule has 0 amide bonds. The summed E-state index contributed by atoms with van der Waals surface area (Å²) in [5, 5.41) is 0. The molecule has 0 fully saturated rings. The molecule has 2 aromatic rings. The van der Waals surface area contributed by atoms with Gasteiger partial charge in [0.25, 0.3) is 0 Å². The third kappa shape index (κ3) is 5.86. The van der Waals surface area contributed by atoms with Crippen molar-refractivity contribution >= 4 is 11.1 Å². The fourth-order valence-corrected chi connectivity index (χ4v) is 2.80. The zero-order chi connectivity index (χ0) is 18.1. The highest BCUT2D eigenvalue weighted by molar-refractivity contribution is 5.85. The summed E-state index contributed by atoms with van der Waals surface area (Å²) >= 11 is 0. The third-order valence-electron chi connectivity index (χ3n) is 4.40. The highest BCUT2D eigenvalue weighted by Crippen LogP contribution is 2.22. The molecule has 0 N–H and O–H groups in total. The van der Waals surface area contributed by atoms with Gasteiger partial charge in [0.15, 0.2) is 0 Å². The molecule has 0 aliphatic heterocycles. The number of nitrogens with zero attached hydrogens (tertiary/aromatic N) is 1. The summed E-state index contributed by atoms with van der Waals surface area (Å²) in [6.45, 7) is 12.4. The molecule has 1 aromatic carbocycles. The summed E-state index contributed by atoms with van der Waals surface area (Å²) in [4.78, 5) is 4.44. The first-order valence-electron chi connectivity index (χ1n) is 9.19. The molecule has 0 spiro atoms. The topological polar surface area (TPSA) is 12.9 Å². The summed E-state index contributed by atoms with van der Waals surface area (Å²) in [6.07, 6.45) is 12.2. The van der Waals surface area contributed by atoms with Gasteiger partial charge in [0, 0.05) is 6.20 Å². The highest BCUT2D eigenvalue weighted by atomic mass is 14.7. The van der Waals surface area contributed by atoms with E-state index in [9.17, 15) is 0 Å². The Labute approximate surface area is 152 Å². The van der Waals surface area contributed by atoms with Crippen molar-refractivity contribution in [1.29, 1.82) is 0 Å². The maximum Gasteiger partial charge on any atom is 0.0696 e. The van der Waals surface area contributed by atoms with Crippen LogP contribution in [0.25, 0.3) is 11.1 Å². The normalized spacial score (nSPS) is 11.4. The van der Waals surface area contributed by atoms with E-state index in [0.29, 0.717) is 0 Å². The Morgan fingerprint density at radius 3 is 2.40 bits per heavy atom. The molecule has 130 valence electrons. The number of aryl methyl sites for hydroxylation is 2. The second-order valence-electron chi connectivity index (χ2n) is 6.56. The number of pyridine rings is 1. The third-order valence-corrected chi connectivity index (χ3v) is 4.40. The van der Waals surface area contributed by atoms with Crippen molar-refractivity contribution in [2.24, 2.45) is 0 Å². The van der Waals surface area contributed by atoms with Gasteiger partial charge in [-0.25, -0.2) is 0 Å². The molecule has 1 heterocycles. The molecule has 0 bridgehead atoms. The van der Waals surface area contributed by atoms with Crippen molar-refractivity contribution in [1.82, 2.24) is 4.98 Å². The van der Waals surface area contributed by atoms with Gasteiger partial charge in [0.2, 0.25) is 0 Å². The lowest BCUT2D eigenvalue weighted by molar-refractivity contribution is 0.667. The maximum absolute atomic E-state index is 4.44. The largest absolute Gasteiger partial charge is 0.256 e. The molecule has 1 aromatic heterocycles. The van der Waals surface area contributed by atoms with Crippen molar-refractivity contribution in [2.75, 3.05) is 0 Å². The molecule has 0 saturated carbocycles. The number of hydrogen-bond acceptors (Lipinski definition) is 1. The van der Waals surface area contributed by atoms with Gasteiger partial charge in [0.1, 0.15) is 0 Å². The van der Waals surface area contributed by atoms with Crippen molar-refractivity contribution in [2.45, 2.75) is 46.0 Å². The van der Waals surface area contributed by atoms with Crippen molar-refractivity contribution in [3.05, 3.63) is 90.3 Å². The van der Waals surface area contributed by atoms with Gasteiger partial charge in [-0.2, -0.15) is 0 Å². The van der Waals surface area contributed by atoms with E-state index in [0.717, 1.165) is 28.8 Å². The molecule has 0 unspecified atom stereocenters. The van der Waals surface area contributed by atoms with Gasteiger partial charge < -0.3 is 0 Å². The fraction of sp³-hybridized carbons (Fsp3) is 0.292. The first kappa shape index (κ1) is 18.9. The van der Waals surface area contributed by atoms with Crippen LogP contribution in [0.4, 0.5) is 0 Å². The molecule has 1 heteroatoms. The SMILES string of the molecule is C=C/C(=C\C(=C)c1ccc(C)cn1)c1ccc(CCCCCC)cc1. The quantitative estimate of drug-likeness (QED) is 0.364. The lowest BCUT2D eigenvalue weighted by Crippen LogP contribution is -1.90. The second kappa shape index (κ2) is 9.78. The van der Waals surface area contributed by atoms with Gasteiger partial charge in [-0.1, -0.05) is 75.8 Å². The van der Waals surface area contributed by atoms with Crippen LogP contribution in [0, 0.1) is 6.92 Å². The smallest absolute Gasteiger partial charge is 0.0696 e. The lowest BCUT2D eigenvalue weighted by Gasteiger charge is -2.07. The van der Waals surface area contributed by atoms with Gasteiger partial charge in [-0.3, -0.25) is 4.98 Å². The lowest BCUT2D eigenvalue weighted by atomic mass is 9.99. The van der Waals surface area contributed by atoms with Crippen molar-refractivity contribution in [3.8, 4) is 0 Å². The van der Waals surface area contributed by atoms with Gasteiger partial charge in [0.05, 0.1) is 5.69 Å². The zero-order valence-electron chi connectivity index (χ0n) is 15.6. The van der Waals surface area contributed by atoms with Crippen LogP contribution < -0.4 is 0 Å². The second-order valence-corrected chi connectivity index (χ2v) is 6.56. The van der Waals surface area contributed by atoms with E-state index in [2.05, 4.69) is 61.5 Å². The minimum absolute atomic E-state index is 0.900. The van der Waals surface area contributed by atoms with E-state index in [4.69, 9.17) is 0 Å². The van der Waals surface area contributed by atoms with Gasteiger partial charge >= 0.3 is 0 Å². The van der Waals surface area contributed by atoms with Crippen LogP contribution in [-0.2, 0) is 6.42 Å². The Morgan fingerprint density at radius 1 is 1.04 bits per heavy atom. The predicted molar refractivity (Wildman–Crippen MR) is 110 cm³/mol. The number of unbranched alkanes of at least 4 members (excludes halogenated alkanes) is 3. The van der Waals surface area contributed by atoms with E-state index < -0.39 is 0 Å². The Morgan fingerprint density at radius 2 is 1.80 bits per heavy atom. The monoisotopic (exact) mass is 331 g/mol. The van der Waals surface area contributed by atoms with Crippen LogP contribution in [0.15, 0.2) is 67.9 Å². The van der Waals surface area contributed by atoms with E-state index in [-0.39, 0.29) is 0 Å². The van der Waals surface area contributed by atoms with Crippen LogP contribution in [0.5, 0.6) is 0 Å². The maximum atomic E-state index is 4.44. The fourth-order valence-electron chi connectivity index (χ4n) is 2.80. The molecule has 0 aliphatic carbocycles. The van der Waals surface area contributed by atoms with Crippen LogP contribution in [-0.4, -0.2) is 4.98 Å². The summed E-state index contributed by atoms with van der Waals surface area (Å²) in [6, 6.07) is 12.9. The number of allylic oxidation sites excluding steroid dienone is 4. The number of benzene rings is 1. The van der Waals surface area contributed by atoms with Crippen LogP contribution in [0.3, 0.4) is 0 Å². The Balaban J connectivity index is 2.07. The summed E-state index contributed by atoms with van der Waals surface area (Å²) in [5.74, 6) is 0. The predicted octanol–water partition coefficient (Wildman–Crippen LogP) is 6.80. The molecular formula is C24H29N. The first-order valence-corrected chi connectivity index (χ1v) is 9.19. The van der Waals surface area contributed by atoms with Gasteiger partial charge in [-0.05, 0) is 59.7 Å². The van der Waals surface area contributed by atoms with E-state index in [1.807, 2.05) is 25.3 Å². The molecule has 0 atom stereocenters. The molecule has 1 nitrogen and oxygen atoms in total. The number of rotatable bonds is 9. The van der Waals surface area contributed by atoms with Crippen molar-refractivity contribution in [3.63, 3.8) is 0 Å². The zero-order valence-corrected chi connectivity index (χ0v) is 15.6. The summed E-state index contributed by atoms with van der Waals surface area (Å²) in [5.41, 5.74) is 6.60.